The number of carbonyl (C=O) groups excluding carboxylic acids is 1. The SMILES string of the molecule is CCCC1NC(C(C)C)C(=O)N1CC1CCCCC1. The summed E-state index contributed by atoms with van der Waals surface area (Å²) in [5.74, 6) is 1.48. The lowest BCUT2D eigenvalue weighted by Crippen LogP contribution is -2.40. The molecule has 0 aromatic carbocycles. The minimum absolute atomic E-state index is 0.0418. The fourth-order valence-electron chi connectivity index (χ4n) is 3.56. The largest absolute Gasteiger partial charge is 0.326 e. The highest BCUT2D eigenvalue weighted by molar-refractivity contribution is 5.84. The average Bonchev–Trinajstić information content (AvgIpc) is 2.70. The topological polar surface area (TPSA) is 32.3 Å². The van der Waals surface area contributed by atoms with Gasteiger partial charge in [0.05, 0.1) is 12.2 Å². The van der Waals surface area contributed by atoms with Crippen molar-refractivity contribution >= 4 is 5.91 Å². The third-order valence-electron chi connectivity index (χ3n) is 4.71. The zero-order valence-corrected chi connectivity index (χ0v) is 12.8. The maximum atomic E-state index is 12.6. The number of hydrogen-bond donors (Lipinski definition) is 1. The summed E-state index contributed by atoms with van der Waals surface area (Å²) in [6.45, 7) is 7.47. The highest BCUT2D eigenvalue weighted by atomic mass is 16.2. The van der Waals surface area contributed by atoms with Crippen LogP contribution in [0.1, 0.15) is 65.7 Å². The molecule has 2 unspecified atom stereocenters. The van der Waals surface area contributed by atoms with E-state index in [9.17, 15) is 4.79 Å². The molecular weight excluding hydrogens is 236 g/mol. The molecule has 1 aliphatic heterocycles. The van der Waals surface area contributed by atoms with Gasteiger partial charge >= 0.3 is 0 Å². The number of nitrogens with one attached hydrogen (secondary N) is 1. The molecule has 3 nitrogen and oxygen atoms in total. The first-order valence-electron chi connectivity index (χ1n) is 8.20. The highest BCUT2D eigenvalue weighted by Gasteiger charge is 2.40. The van der Waals surface area contributed by atoms with E-state index in [4.69, 9.17) is 0 Å². The lowest BCUT2D eigenvalue weighted by molar-refractivity contribution is -0.131. The minimum Gasteiger partial charge on any atom is -0.326 e. The molecule has 0 aromatic heterocycles. The maximum Gasteiger partial charge on any atom is 0.241 e. The smallest absolute Gasteiger partial charge is 0.241 e. The van der Waals surface area contributed by atoms with Gasteiger partial charge in [-0.3, -0.25) is 10.1 Å². The second-order valence-corrected chi connectivity index (χ2v) is 6.69. The molecule has 0 bridgehead atoms. The summed E-state index contributed by atoms with van der Waals surface area (Å²) in [6, 6.07) is 0.0418. The first-order chi connectivity index (χ1) is 9.13. The summed E-state index contributed by atoms with van der Waals surface area (Å²) < 4.78 is 0. The lowest BCUT2D eigenvalue weighted by Gasteiger charge is -2.30. The normalized spacial score (nSPS) is 29.5. The number of amides is 1. The Bertz CT molecular complexity index is 297. The number of nitrogens with zero attached hydrogens (tertiary/aromatic N) is 1. The lowest BCUT2D eigenvalue weighted by atomic mass is 9.88. The molecule has 19 heavy (non-hydrogen) atoms. The van der Waals surface area contributed by atoms with E-state index >= 15 is 0 Å². The van der Waals surface area contributed by atoms with Crippen LogP contribution in [-0.2, 0) is 4.79 Å². The van der Waals surface area contributed by atoms with Crippen LogP contribution in [0.5, 0.6) is 0 Å². The Hall–Kier alpha value is -0.570. The van der Waals surface area contributed by atoms with Crippen molar-refractivity contribution in [2.24, 2.45) is 11.8 Å². The second-order valence-electron chi connectivity index (χ2n) is 6.69. The molecule has 1 saturated heterocycles. The zero-order valence-electron chi connectivity index (χ0n) is 12.8. The summed E-state index contributed by atoms with van der Waals surface area (Å²) in [7, 11) is 0. The Morgan fingerprint density at radius 3 is 2.53 bits per heavy atom. The summed E-state index contributed by atoms with van der Waals surface area (Å²) in [5.41, 5.74) is 0. The Morgan fingerprint density at radius 1 is 1.26 bits per heavy atom. The quantitative estimate of drug-likeness (QED) is 0.829. The van der Waals surface area contributed by atoms with Crippen molar-refractivity contribution in [1.29, 1.82) is 0 Å². The molecule has 3 heteroatoms. The van der Waals surface area contributed by atoms with Gasteiger partial charge in [0.2, 0.25) is 5.91 Å². The van der Waals surface area contributed by atoms with Gasteiger partial charge in [-0.05, 0) is 31.1 Å². The van der Waals surface area contributed by atoms with Crippen LogP contribution in [0.2, 0.25) is 0 Å². The first-order valence-corrected chi connectivity index (χ1v) is 8.20. The van der Waals surface area contributed by atoms with Gasteiger partial charge in [0, 0.05) is 6.54 Å². The van der Waals surface area contributed by atoms with E-state index in [1.54, 1.807) is 0 Å². The van der Waals surface area contributed by atoms with Gasteiger partial charge < -0.3 is 4.90 Å². The minimum atomic E-state index is 0.0418. The summed E-state index contributed by atoms with van der Waals surface area (Å²) in [6.07, 6.45) is 9.23. The van der Waals surface area contributed by atoms with Gasteiger partial charge in [0.1, 0.15) is 0 Å². The molecule has 0 radical (unpaired) electrons. The molecule has 2 aliphatic rings. The molecule has 110 valence electrons. The second kappa shape index (κ2) is 6.74. The number of rotatable bonds is 5. The summed E-state index contributed by atoms with van der Waals surface area (Å²) in [5, 5.41) is 3.56. The molecule has 1 saturated carbocycles. The van der Waals surface area contributed by atoms with E-state index < -0.39 is 0 Å². The third kappa shape index (κ3) is 3.50. The van der Waals surface area contributed by atoms with Crippen molar-refractivity contribution in [2.45, 2.75) is 77.9 Å². The van der Waals surface area contributed by atoms with E-state index in [1.807, 2.05) is 0 Å². The van der Waals surface area contributed by atoms with Crippen molar-refractivity contribution in [1.82, 2.24) is 10.2 Å². The van der Waals surface area contributed by atoms with Crippen LogP contribution in [0.15, 0.2) is 0 Å². The van der Waals surface area contributed by atoms with Crippen LogP contribution in [0.3, 0.4) is 0 Å². The Labute approximate surface area is 118 Å². The van der Waals surface area contributed by atoms with Crippen LogP contribution in [0.25, 0.3) is 0 Å². The van der Waals surface area contributed by atoms with E-state index in [2.05, 4.69) is 31.0 Å². The average molecular weight is 266 g/mol. The molecule has 1 heterocycles. The summed E-state index contributed by atoms with van der Waals surface area (Å²) >= 11 is 0. The predicted molar refractivity (Wildman–Crippen MR) is 78.7 cm³/mol. The molecule has 1 N–H and O–H groups in total. The van der Waals surface area contributed by atoms with Gasteiger partial charge in [-0.25, -0.2) is 0 Å². The number of carbonyl (C=O) groups is 1. The van der Waals surface area contributed by atoms with E-state index in [0.29, 0.717) is 11.8 Å². The highest BCUT2D eigenvalue weighted by Crippen LogP contribution is 2.28. The van der Waals surface area contributed by atoms with Crippen LogP contribution >= 0.6 is 0 Å². The van der Waals surface area contributed by atoms with E-state index in [1.165, 1.54) is 32.1 Å². The predicted octanol–water partition coefficient (Wildman–Crippen LogP) is 3.15. The first kappa shape index (κ1) is 14.8. The standard InChI is InChI=1S/C16H30N2O/c1-4-8-14-17-15(12(2)3)16(19)18(14)11-13-9-6-5-7-10-13/h12-15,17H,4-11H2,1-3H3. The molecule has 0 spiro atoms. The molecule has 2 rings (SSSR count). The summed E-state index contributed by atoms with van der Waals surface area (Å²) in [4.78, 5) is 14.7. The van der Waals surface area contributed by atoms with E-state index in [0.717, 1.165) is 25.3 Å². The molecule has 2 fully saturated rings. The monoisotopic (exact) mass is 266 g/mol. The van der Waals surface area contributed by atoms with Crippen molar-refractivity contribution < 1.29 is 4.79 Å². The van der Waals surface area contributed by atoms with Crippen LogP contribution < -0.4 is 5.32 Å². The fourth-order valence-corrected chi connectivity index (χ4v) is 3.56. The van der Waals surface area contributed by atoms with Crippen LogP contribution in [0, 0.1) is 11.8 Å². The molecule has 1 aliphatic carbocycles. The fraction of sp³-hybridized carbons (Fsp3) is 0.938. The van der Waals surface area contributed by atoms with Crippen LogP contribution in [-0.4, -0.2) is 29.6 Å². The number of hydrogen-bond acceptors (Lipinski definition) is 2. The molecule has 1 amide bonds. The third-order valence-corrected chi connectivity index (χ3v) is 4.71. The Morgan fingerprint density at radius 2 is 1.95 bits per heavy atom. The molecule has 2 atom stereocenters. The van der Waals surface area contributed by atoms with Gasteiger partial charge in [-0.1, -0.05) is 46.5 Å². The van der Waals surface area contributed by atoms with Gasteiger partial charge in [-0.15, -0.1) is 0 Å². The van der Waals surface area contributed by atoms with Crippen molar-refractivity contribution in [3.8, 4) is 0 Å². The maximum absolute atomic E-state index is 12.6. The Balaban J connectivity index is 1.99. The van der Waals surface area contributed by atoms with Crippen molar-refractivity contribution in [3.63, 3.8) is 0 Å². The van der Waals surface area contributed by atoms with Crippen LogP contribution in [0.4, 0.5) is 0 Å². The molecule has 0 aromatic rings. The van der Waals surface area contributed by atoms with Gasteiger partial charge in [-0.2, -0.15) is 0 Å². The Kier molecular flexibility index (Phi) is 5.26. The van der Waals surface area contributed by atoms with Crippen molar-refractivity contribution in [3.05, 3.63) is 0 Å². The van der Waals surface area contributed by atoms with E-state index in [-0.39, 0.29) is 12.2 Å². The van der Waals surface area contributed by atoms with Crippen molar-refractivity contribution in [2.75, 3.05) is 6.54 Å². The van der Waals surface area contributed by atoms with Gasteiger partial charge in [0.25, 0.3) is 0 Å². The zero-order chi connectivity index (χ0) is 13.8. The molecular formula is C16H30N2O. The van der Waals surface area contributed by atoms with Gasteiger partial charge in [0.15, 0.2) is 0 Å².